The number of hydrogen-bond donors (Lipinski definition) is 3. The van der Waals surface area contributed by atoms with Gasteiger partial charge >= 0.3 is 12.0 Å². The van der Waals surface area contributed by atoms with Crippen molar-refractivity contribution in [3.63, 3.8) is 0 Å². The van der Waals surface area contributed by atoms with E-state index in [1.165, 1.54) is 0 Å². The lowest BCUT2D eigenvalue weighted by Crippen LogP contribution is -2.47. The first-order chi connectivity index (χ1) is 10.0. The van der Waals surface area contributed by atoms with E-state index in [-0.39, 0.29) is 18.6 Å². The van der Waals surface area contributed by atoms with Gasteiger partial charge in [-0.2, -0.15) is 11.3 Å². The molecule has 2 amide bonds. The molecule has 116 valence electrons. The minimum absolute atomic E-state index is 0.0802. The number of carbonyl (C=O) groups is 2. The zero-order valence-electron chi connectivity index (χ0n) is 12.2. The maximum atomic E-state index is 11.9. The van der Waals surface area contributed by atoms with Gasteiger partial charge in [0.25, 0.3) is 0 Å². The van der Waals surface area contributed by atoms with Crippen LogP contribution in [-0.4, -0.2) is 23.7 Å². The standard InChI is InChI=1S/C15H22N2O3S/c1-11(12-5-8-21-9-12)17-14(20)16-10-15(13(18)19)6-3-2-4-7-15/h5,8-9,11H,2-4,6-7,10H2,1H3,(H,18,19)(H2,16,17,20). The monoisotopic (exact) mass is 310 g/mol. The first-order valence-electron chi connectivity index (χ1n) is 7.33. The van der Waals surface area contributed by atoms with Gasteiger partial charge in [0.1, 0.15) is 0 Å². The fourth-order valence-corrected chi connectivity index (χ4v) is 3.55. The van der Waals surface area contributed by atoms with Crippen molar-refractivity contribution in [3.8, 4) is 0 Å². The van der Waals surface area contributed by atoms with Crippen molar-refractivity contribution in [2.24, 2.45) is 5.41 Å². The number of rotatable bonds is 5. The summed E-state index contributed by atoms with van der Waals surface area (Å²) in [6.07, 6.45) is 4.20. The van der Waals surface area contributed by atoms with E-state index in [1.807, 2.05) is 23.8 Å². The van der Waals surface area contributed by atoms with Crippen LogP contribution in [0.5, 0.6) is 0 Å². The van der Waals surface area contributed by atoms with Gasteiger partial charge in [0.2, 0.25) is 0 Å². The maximum absolute atomic E-state index is 11.9. The van der Waals surface area contributed by atoms with Crippen molar-refractivity contribution in [2.45, 2.75) is 45.1 Å². The van der Waals surface area contributed by atoms with Gasteiger partial charge in [0, 0.05) is 6.54 Å². The van der Waals surface area contributed by atoms with E-state index in [0.717, 1.165) is 24.8 Å². The third-order valence-electron chi connectivity index (χ3n) is 4.24. The van der Waals surface area contributed by atoms with E-state index in [4.69, 9.17) is 0 Å². The molecule has 1 heterocycles. The lowest BCUT2D eigenvalue weighted by Gasteiger charge is -2.33. The number of carbonyl (C=O) groups excluding carboxylic acids is 1. The molecular weight excluding hydrogens is 288 g/mol. The van der Waals surface area contributed by atoms with E-state index in [9.17, 15) is 14.7 Å². The molecule has 0 bridgehead atoms. The quantitative estimate of drug-likeness (QED) is 0.781. The van der Waals surface area contributed by atoms with Gasteiger partial charge < -0.3 is 15.7 Å². The van der Waals surface area contributed by atoms with E-state index < -0.39 is 11.4 Å². The van der Waals surface area contributed by atoms with Gasteiger partial charge in [0.05, 0.1) is 11.5 Å². The summed E-state index contributed by atoms with van der Waals surface area (Å²) in [6, 6.07) is 1.58. The van der Waals surface area contributed by atoms with Gasteiger partial charge in [-0.1, -0.05) is 19.3 Å². The van der Waals surface area contributed by atoms with Crippen LogP contribution in [0.2, 0.25) is 0 Å². The van der Waals surface area contributed by atoms with Crippen LogP contribution in [0.1, 0.15) is 50.6 Å². The van der Waals surface area contributed by atoms with Crippen LogP contribution in [0.3, 0.4) is 0 Å². The average Bonchev–Trinajstić information content (AvgIpc) is 3.00. The molecule has 1 aromatic heterocycles. The van der Waals surface area contributed by atoms with E-state index in [2.05, 4.69) is 10.6 Å². The first-order valence-corrected chi connectivity index (χ1v) is 8.28. The van der Waals surface area contributed by atoms with Crippen molar-refractivity contribution >= 4 is 23.3 Å². The highest BCUT2D eigenvalue weighted by Gasteiger charge is 2.39. The summed E-state index contributed by atoms with van der Waals surface area (Å²) in [6.45, 7) is 2.11. The van der Waals surface area contributed by atoms with Crippen molar-refractivity contribution < 1.29 is 14.7 Å². The molecule has 21 heavy (non-hydrogen) atoms. The van der Waals surface area contributed by atoms with Crippen molar-refractivity contribution in [3.05, 3.63) is 22.4 Å². The minimum atomic E-state index is -0.798. The number of thiophene rings is 1. The molecule has 1 atom stereocenters. The number of aliphatic carboxylic acids is 1. The molecule has 1 saturated carbocycles. The normalized spacial score (nSPS) is 18.7. The Labute approximate surface area is 128 Å². The maximum Gasteiger partial charge on any atom is 0.315 e. The second-order valence-corrected chi connectivity index (χ2v) is 6.53. The van der Waals surface area contributed by atoms with Crippen LogP contribution >= 0.6 is 11.3 Å². The highest BCUT2D eigenvalue weighted by atomic mass is 32.1. The molecule has 0 aliphatic heterocycles. The molecule has 0 radical (unpaired) electrons. The Balaban J connectivity index is 1.86. The molecule has 1 fully saturated rings. The number of nitrogens with one attached hydrogen (secondary N) is 2. The van der Waals surface area contributed by atoms with Crippen LogP contribution in [0.4, 0.5) is 4.79 Å². The van der Waals surface area contributed by atoms with Gasteiger partial charge in [-0.3, -0.25) is 4.79 Å². The van der Waals surface area contributed by atoms with Crippen molar-refractivity contribution in [1.29, 1.82) is 0 Å². The second kappa shape index (κ2) is 6.93. The summed E-state index contributed by atoms with van der Waals surface area (Å²) in [5.74, 6) is -0.798. The lowest BCUT2D eigenvalue weighted by atomic mass is 9.74. The second-order valence-electron chi connectivity index (χ2n) is 5.75. The summed E-state index contributed by atoms with van der Waals surface area (Å²) >= 11 is 1.58. The lowest BCUT2D eigenvalue weighted by molar-refractivity contribution is -0.150. The van der Waals surface area contributed by atoms with Gasteiger partial charge in [-0.15, -0.1) is 0 Å². The molecule has 1 aromatic rings. The Bertz CT molecular complexity index is 481. The van der Waals surface area contributed by atoms with E-state index in [0.29, 0.717) is 12.8 Å². The third-order valence-corrected chi connectivity index (χ3v) is 4.94. The Morgan fingerprint density at radius 2 is 2.10 bits per heavy atom. The van der Waals surface area contributed by atoms with Crippen LogP contribution in [0.25, 0.3) is 0 Å². The molecule has 0 saturated heterocycles. The third kappa shape index (κ3) is 3.97. The SMILES string of the molecule is CC(NC(=O)NCC1(C(=O)O)CCCCC1)c1ccsc1. The van der Waals surface area contributed by atoms with Crippen molar-refractivity contribution in [2.75, 3.05) is 6.54 Å². The summed E-state index contributed by atoms with van der Waals surface area (Å²) in [4.78, 5) is 23.5. The highest BCUT2D eigenvalue weighted by molar-refractivity contribution is 7.07. The largest absolute Gasteiger partial charge is 0.481 e. The summed E-state index contributed by atoms with van der Waals surface area (Å²) < 4.78 is 0. The smallest absolute Gasteiger partial charge is 0.315 e. The molecule has 0 spiro atoms. The first kappa shape index (κ1) is 15.8. The van der Waals surface area contributed by atoms with Gasteiger partial charge in [-0.05, 0) is 42.2 Å². The molecule has 1 aliphatic rings. The molecule has 0 aromatic carbocycles. The zero-order valence-corrected chi connectivity index (χ0v) is 13.0. The Kier molecular flexibility index (Phi) is 5.22. The molecule has 1 aliphatic carbocycles. The number of urea groups is 1. The number of carboxylic acids is 1. The predicted molar refractivity (Wildman–Crippen MR) is 82.4 cm³/mol. The van der Waals surface area contributed by atoms with E-state index >= 15 is 0 Å². The molecule has 2 rings (SSSR count). The topological polar surface area (TPSA) is 78.4 Å². The summed E-state index contributed by atoms with van der Waals surface area (Å²) in [5, 5.41) is 19.0. The fourth-order valence-electron chi connectivity index (χ4n) is 2.80. The number of carboxylic acid groups (broad SMARTS) is 1. The fraction of sp³-hybridized carbons (Fsp3) is 0.600. The van der Waals surface area contributed by atoms with Crippen LogP contribution in [0, 0.1) is 5.41 Å². The summed E-state index contributed by atoms with van der Waals surface area (Å²) in [5.41, 5.74) is 0.266. The van der Waals surface area contributed by atoms with E-state index in [1.54, 1.807) is 11.3 Å². The van der Waals surface area contributed by atoms with Gasteiger partial charge in [-0.25, -0.2) is 4.79 Å². The summed E-state index contributed by atoms with van der Waals surface area (Å²) in [7, 11) is 0. The number of amides is 2. The number of hydrogen-bond acceptors (Lipinski definition) is 3. The molecule has 6 heteroatoms. The van der Waals surface area contributed by atoms with Crippen molar-refractivity contribution in [1.82, 2.24) is 10.6 Å². The Morgan fingerprint density at radius 3 is 2.67 bits per heavy atom. The molecule has 5 nitrogen and oxygen atoms in total. The zero-order chi connectivity index (χ0) is 15.3. The highest BCUT2D eigenvalue weighted by Crippen LogP contribution is 2.36. The average molecular weight is 310 g/mol. The molecular formula is C15H22N2O3S. The minimum Gasteiger partial charge on any atom is -0.481 e. The molecule has 3 N–H and O–H groups in total. The van der Waals surface area contributed by atoms with Crippen LogP contribution in [-0.2, 0) is 4.79 Å². The Morgan fingerprint density at radius 1 is 1.38 bits per heavy atom. The predicted octanol–water partition coefficient (Wildman–Crippen LogP) is 3.14. The van der Waals surface area contributed by atoms with Gasteiger partial charge in [0.15, 0.2) is 0 Å². The Hall–Kier alpha value is -1.56. The van der Waals surface area contributed by atoms with Crippen LogP contribution < -0.4 is 10.6 Å². The van der Waals surface area contributed by atoms with Crippen LogP contribution in [0.15, 0.2) is 16.8 Å². The molecule has 1 unspecified atom stereocenters.